The summed E-state index contributed by atoms with van der Waals surface area (Å²) >= 11 is 0. The van der Waals surface area contributed by atoms with Crippen molar-refractivity contribution in [2.24, 2.45) is 0 Å². The third kappa shape index (κ3) is 1.88. The predicted molar refractivity (Wildman–Crippen MR) is 70.8 cm³/mol. The van der Waals surface area contributed by atoms with Crippen LogP contribution >= 0.6 is 0 Å². The molecule has 0 atom stereocenters. The van der Waals surface area contributed by atoms with Crippen molar-refractivity contribution in [1.29, 1.82) is 0 Å². The minimum absolute atomic E-state index is 0.384. The number of esters is 1. The van der Waals surface area contributed by atoms with Crippen LogP contribution in [0.2, 0.25) is 0 Å². The average molecular weight is 257 g/mol. The quantitative estimate of drug-likeness (QED) is 0.839. The van der Waals surface area contributed by atoms with E-state index in [1.807, 2.05) is 18.2 Å². The largest absolute Gasteiger partial charge is 0.465 e. The Morgan fingerprint density at radius 2 is 2.16 bits per heavy atom. The van der Waals surface area contributed by atoms with Crippen LogP contribution < -0.4 is 0 Å². The number of methoxy groups -OCH3 is 1. The molecule has 4 heteroatoms. The second-order valence-corrected chi connectivity index (χ2v) is 4.97. The predicted octanol–water partition coefficient (Wildman–Crippen LogP) is 2.39. The van der Waals surface area contributed by atoms with E-state index in [4.69, 9.17) is 4.74 Å². The summed E-state index contributed by atoms with van der Waals surface area (Å²) in [5.41, 5.74) is 1.33. The van der Waals surface area contributed by atoms with E-state index in [1.165, 1.54) is 7.11 Å². The Balaban J connectivity index is 2.17. The SMILES string of the molecule is COC(=O)c1ccnc2ccc(C3(O)CCC3)cc12. The molecule has 1 aromatic heterocycles. The molecule has 0 bridgehead atoms. The summed E-state index contributed by atoms with van der Waals surface area (Å²) in [5.74, 6) is -0.384. The second kappa shape index (κ2) is 4.31. The molecule has 1 aromatic carbocycles. The number of benzene rings is 1. The fourth-order valence-electron chi connectivity index (χ4n) is 2.52. The lowest BCUT2D eigenvalue weighted by atomic mass is 9.75. The summed E-state index contributed by atoms with van der Waals surface area (Å²) in [6.07, 6.45) is 4.16. The standard InChI is InChI=1S/C15H15NO3/c1-19-14(17)11-5-8-16-13-4-3-10(9-12(11)13)15(18)6-2-7-15/h3-5,8-9,18H,2,6-7H2,1H3. The lowest BCUT2D eigenvalue weighted by Gasteiger charge is -2.37. The van der Waals surface area contributed by atoms with Crippen molar-refractivity contribution < 1.29 is 14.6 Å². The molecule has 0 unspecified atom stereocenters. The molecule has 0 aliphatic heterocycles. The van der Waals surface area contributed by atoms with Crippen molar-refractivity contribution in [3.05, 3.63) is 41.6 Å². The van der Waals surface area contributed by atoms with Gasteiger partial charge in [0.15, 0.2) is 0 Å². The molecule has 0 saturated heterocycles. The summed E-state index contributed by atoms with van der Waals surface area (Å²) in [5, 5.41) is 11.1. The third-order valence-electron chi connectivity index (χ3n) is 3.86. The van der Waals surface area contributed by atoms with E-state index >= 15 is 0 Å². The second-order valence-electron chi connectivity index (χ2n) is 4.97. The van der Waals surface area contributed by atoms with E-state index in [1.54, 1.807) is 12.3 Å². The summed E-state index contributed by atoms with van der Waals surface area (Å²) < 4.78 is 4.78. The monoisotopic (exact) mass is 257 g/mol. The van der Waals surface area contributed by atoms with Crippen LogP contribution in [-0.4, -0.2) is 23.2 Å². The van der Waals surface area contributed by atoms with Gasteiger partial charge in [0.1, 0.15) is 0 Å². The van der Waals surface area contributed by atoms with Gasteiger partial charge in [0.2, 0.25) is 0 Å². The van der Waals surface area contributed by atoms with Gasteiger partial charge in [0, 0.05) is 11.6 Å². The van der Waals surface area contributed by atoms with Crippen molar-refractivity contribution in [1.82, 2.24) is 4.98 Å². The highest BCUT2D eigenvalue weighted by Crippen LogP contribution is 2.41. The maximum Gasteiger partial charge on any atom is 0.338 e. The van der Waals surface area contributed by atoms with E-state index in [9.17, 15) is 9.90 Å². The number of carbonyl (C=O) groups excluding carboxylic acids is 1. The molecular weight excluding hydrogens is 242 g/mol. The summed E-state index contributed by atoms with van der Waals surface area (Å²) in [7, 11) is 1.36. The first-order valence-electron chi connectivity index (χ1n) is 6.34. The number of fused-ring (bicyclic) bond motifs is 1. The number of pyridine rings is 1. The zero-order chi connectivity index (χ0) is 13.5. The Morgan fingerprint density at radius 1 is 1.37 bits per heavy atom. The van der Waals surface area contributed by atoms with Gasteiger partial charge in [0.05, 0.1) is 23.8 Å². The molecule has 98 valence electrons. The minimum Gasteiger partial charge on any atom is -0.465 e. The molecule has 0 amide bonds. The van der Waals surface area contributed by atoms with Gasteiger partial charge in [-0.2, -0.15) is 0 Å². The lowest BCUT2D eigenvalue weighted by Crippen LogP contribution is -2.33. The first-order chi connectivity index (χ1) is 9.14. The van der Waals surface area contributed by atoms with E-state index < -0.39 is 5.60 Å². The van der Waals surface area contributed by atoms with Crippen LogP contribution in [0.5, 0.6) is 0 Å². The zero-order valence-electron chi connectivity index (χ0n) is 10.7. The van der Waals surface area contributed by atoms with Gasteiger partial charge in [0.25, 0.3) is 0 Å². The number of hydrogen-bond donors (Lipinski definition) is 1. The van der Waals surface area contributed by atoms with Gasteiger partial charge in [-0.1, -0.05) is 6.07 Å². The van der Waals surface area contributed by atoms with Crippen LogP contribution in [0.4, 0.5) is 0 Å². The molecular formula is C15H15NO3. The Bertz CT molecular complexity index is 647. The molecule has 0 radical (unpaired) electrons. The van der Waals surface area contributed by atoms with Crippen LogP contribution in [0.25, 0.3) is 10.9 Å². The van der Waals surface area contributed by atoms with Crippen molar-refractivity contribution >= 4 is 16.9 Å². The van der Waals surface area contributed by atoms with E-state index in [-0.39, 0.29) is 5.97 Å². The van der Waals surface area contributed by atoms with E-state index in [2.05, 4.69) is 4.98 Å². The fourth-order valence-corrected chi connectivity index (χ4v) is 2.52. The molecule has 1 aliphatic carbocycles. The Kier molecular flexibility index (Phi) is 2.75. The van der Waals surface area contributed by atoms with Crippen LogP contribution in [0, 0.1) is 0 Å². The molecule has 1 N–H and O–H groups in total. The van der Waals surface area contributed by atoms with Crippen molar-refractivity contribution in [2.45, 2.75) is 24.9 Å². The van der Waals surface area contributed by atoms with Crippen LogP contribution in [0.3, 0.4) is 0 Å². The molecule has 4 nitrogen and oxygen atoms in total. The lowest BCUT2D eigenvalue weighted by molar-refractivity contribution is -0.0386. The Morgan fingerprint density at radius 3 is 2.79 bits per heavy atom. The molecule has 2 aromatic rings. The van der Waals surface area contributed by atoms with Gasteiger partial charge >= 0.3 is 5.97 Å². The van der Waals surface area contributed by atoms with Gasteiger partial charge < -0.3 is 9.84 Å². The zero-order valence-corrected chi connectivity index (χ0v) is 10.7. The Hall–Kier alpha value is -1.94. The average Bonchev–Trinajstić information content (AvgIpc) is 2.42. The molecule has 1 fully saturated rings. The smallest absolute Gasteiger partial charge is 0.338 e. The van der Waals surface area contributed by atoms with Gasteiger partial charge in [-0.05, 0) is 43.0 Å². The minimum atomic E-state index is -0.739. The van der Waals surface area contributed by atoms with Gasteiger partial charge in [-0.15, -0.1) is 0 Å². The third-order valence-corrected chi connectivity index (χ3v) is 3.86. The number of aliphatic hydroxyl groups is 1. The maximum atomic E-state index is 11.8. The number of ether oxygens (including phenoxy) is 1. The highest BCUT2D eigenvalue weighted by Gasteiger charge is 2.36. The maximum absolute atomic E-state index is 11.8. The van der Waals surface area contributed by atoms with Crippen molar-refractivity contribution in [3.8, 4) is 0 Å². The highest BCUT2D eigenvalue weighted by molar-refractivity contribution is 6.03. The fraction of sp³-hybridized carbons (Fsp3) is 0.333. The van der Waals surface area contributed by atoms with Crippen LogP contribution in [0.15, 0.2) is 30.5 Å². The van der Waals surface area contributed by atoms with Crippen molar-refractivity contribution in [2.75, 3.05) is 7.11 Å². The number of rotatable bonds is 2. The summed E-state index contributed by atoms with van der Waals surface area (Å²) in [6, 6.07) is 7.22. The molecule has 1 aliphatic rings. The van der Waals surface area contributed by atoms with Crippen LogP contribution in [0.1, 0.15) is 35.2 Å². The highest BCUT2D eigenvalue weighted by atomic mass is 16.5. The first-order valence-corrected chi connectivity index (χ1v) is 6.34. The van der Waals surface area contributed by atoms with Gasteiger partial charge in [-0.25, -0.2) is 4.79 Å². The van der Waals surface area contributed by atoms with E-state index in [0.717, 1.165) is 35.7 Å². The molecule has 1 heterocycles. The molecule has 3 rings (SSSR count). The number of carbonyl (C=O) groups is 1. The summed E-state index contributed by atoms with van der Waals surface area (Å²) in [6.45, 7) is 0. The summed E-state index contributed by atoms with van der Waals surface area (Å²) in [4.78, 5) is 16.0. The van der Waals surface area contributed by atoms with Gasteiger partial charge in [-0.3, -0.25) is 4.98 Å². The topological polar surface area (TPSA) is 59.4 Å². The first kappa shape index (κ1) is 12.1. The Labute approximate surface area is 111 Å². The number of aromatic nitrogens is 1. The number of nitrogens with zero attached hydrogens (tertiary/aromatic N) is 1. The molecule has 1 saturated carbocycles. The van der Waals surface area contributed by atoms with E-state index in [0.29, 0.717) is 5.56 Å². The molecule has 19 heavy (non-hydrogen) atoms. The van der Waals surface area contributed by atoms with Crippen molar-refractivity contribution in [3.63, 3.8) is 0 Å². The normalized spacial score (nSPS) is 16.9. The van der Waals surface area contributed by atoms with Crippen LogP contribution in [-0.2, 0) is 10.3 Å². The molecule has 0 spiro atoms. The number of hydrogen-bond acceptors (Lipinski definition) is 4.